The van der Waals surface area contributed by atoms with Gasteiger partial charge in [0.25, 0.3) is 0 Å². The van der Waals surface area contributed by atoms with Gasteiger partial charge in [0.05, 0.1) is 7.11 Å². The first-order valence-corrected chi connectivity index (χ1v) is 6.45. The van der Waals surface area contributed by atoms with Crippen LogP contribution in [0.25, 0.3) is 0 Å². The quantitative estimate of drug-likeness (QED) is 0.781. The van der Waals surface area contributed by atoms with E-state index in [2.05, 4.69) is 15.4 Å². The van der Waals surface area contributed by atoms with Crippen LogP contribution in [-0.2, 0) is 25.7 Å². The second-order valence-corrected chi connectivity index (χ2v) is 4.58. The van der Waals surface area contributed by atoms with Crippen LogP contribution in [0.5, 0.6) is 0 Å². The maximum Gasteiger partial charge on any atom is 0.408 e. The number of ether oxygens (including phenoxy) is 2. The number of methoxy groups -OCH3 is 1. The van der Waals surface area contributed by atoms with E-state index >= 15 is 0 Å². The molecule has 112 valence electrons. The van der Waals surface area contributed by atoms with E-state index in [9.17, 15) is 14.4 Å². The van der Waals surface area contributed by atoms with Crippen molar-refractivity contribution < 1.29 is 23.9 Å². The lowest BCUT2D eigenvalue weighted by Gasteiger charge is -2.10. The Morgan fingerprint density at radius 1 is 1.33 bits per heavy atom. The number of rotatable bonds is 4. The molecule has 7 nitrogen and oxygen atoms in total. The molecule has 0 radical (unpaired) electrons. The SMILES string of the molecule is COC(=O)[C@@H]1C[C@H](NC(=O)OCc2ccccc2)C(=O)N1. The van der Waals surface area contributed by atoms with Crippen molar-refractivity contribution in [3.05, 3.63) is 35.9 Å². The molecule has 1 fully saturated rings. The Morgan fingerprint density at radius 2 is 2.05 bits per heavy atom. The Hall–Kier alpha value is -2.57. The highest BCUT2D eigenvalue weighted by molar-refractivity contribution is 5.93. The number of esters is 1. The molecule has 0 unspecified atom stereocenters. The van der Waals surface area contributed by atoms with Crippen LogP contribution >= 0.6 is 0 Å². The van der Waals surface area contributed by atoms with Crippen molar-refractivity contribution in [3.63, 3.8) is 0 Å². The maximum atomic E-state index is 11.6. The zero-order valence-corrected chi connectivity index (χ0v) is 11.5. The third kappa shape index (κ3) is 3.95. The fourth-order valence-electron chi connectivity index (χ4n) is 2.00. The Balaban J connectivity index is 1.80. The Labute approximate surface area is 121 Å². The van der Waals surface area contributed by atoms with Gasteiger partial charge in [0.1, 0.15) is 18.7 Å². The summed E-state index contributed by atoms with van der Waals surface area (Å²) in [7, 11) is 1.24. The summed E-state index contributed by atoms with van der Waals surface area (Å²) in [6, 6.07) is 7.65. The number of carbonyl (C=O) groups is 3. The van der Waals surface area contributed by atoms with Crippen LogP contribution in [0, 0.1) is 0 Å². The highest BCUT2D eigenvalue weighted by Crippen LogP contribution is 2.10. The average Bonchev–Trinajstić information content (AvgIpc) is 2.86. The molecule has 2 amide bonds. The van der Waals surface area contributed by atoms with Crippen molar-refractivity contribution in [3.8, 4) is 0 Å². The first-order valence-electron chi connectivity index (χ1n) is 6.45. The van der Waals surface area contributed by atoms with Gasteiger partial charge in [0, 0.05) is 6.42 Å². The molecule has 1 heterocycles. The summed E-state index contributed by atoms with van der Waals surface area (Å²) in [5, 5.41) is 4.88. The van der Waals surface area contributed by atoms with E-state index in [1.807, 2.05) is 30.3 Å². The molecule has 1 aromatic rings. The molecular formula is C14H16N2O5. The summed E-state index contributed by atoms with van der Waals surface area (Å²) in [6.07, 6.45) is -0.559. The molecule has 0 spiro atoms. The molecule has 1 aliphatic rings. The van der Waals surface area contributed by atoms with E-state index in [-0.39, 0.29) is 13.0 Å². The number of carbonyl (C=O) groups excluding carboxylic acids is 3. The number of benzene rings is 1. The van der Waals surface area contributed by atoms with Crippen molar-refractivity contribution in [1.82, 2.24) is 10.6 Å². The molecule has 0 aromatic heterocycles. The molecule has 2 N–H and O–H groups in total. The third-order valence-electron chi connectivity index (χ3n) is 3.09. The lowest BCUT2D eigenvalue weighted by molar-refractivity contribution is -0.143. The summed E-state index contributed by atoms with van der Waals surface area (Å²) >= 11 is 0. The topological polar surface area (TPSA) is 93.7 Å². The monoisotopic (exact) mass is 292 g/mol. The third-order valence-corrected chi connectivity index (χ3v) is 3.09. The highest BCUT2D eigenvalue weighted by atomic mass is 16.5. The second kappa shape index (κ2) is 6.74. The molecule has 21 heavy (non-hydrogen) atoms. The first kappa shape index (κ1) is 14.8. The van der Waals surface area contributed by atoms with Crippen LogP contribution in [0.3, 0.4) is 0 Å². The molecule has 7 heteroatoms. The van der Waals surface area contributed by atoms with Crippen LogP contribution in [-0.4, -0.2) is 37.2 Å². The van der Waals surface area contributed by atoms with Gasteiger partial charge in [-0.15, -0.1) is 0 Å². The number of nitrogens with one attached hydrogen (secondary N) is 2. The number of amides is 2. The standard InChI is InChI=1S/C14H16N2O5/c1-20-13(18)11-7-10(12(17)15-11)16-14(19)21-8-9-5-3-2-4-6-9/h2-6,10-11H,7-8H2,1H3,(H,15,17)(H,16,19)/t10-,11-/m0/s1. The molecule has 0 saturated carbocycles. The van der Waals surface area contributed by atoms with E-state index < -0.39 is 30.1 Å². The number of hydrogen-bond donors (Lipinski definition) is 2. The van der Waals surface area contributed by atoms with Gasteiger partial charge in [-0.3, -0.25) is 4.79 Å². The fourth-order valence-corrected chi connectivity index (χ4v) is 2.00. The zero-order valence-electron chi connectivity index (χ0n) is 11.5. The highest BCUT2D eigenvalue weighted by Gasteiger charge is 2.37. The maximum absolute atomic E-state index is 11.6. The minimum atomic E-state index is -0.794. The fraction of sp³-hybridized carbons (Fsp3) is 0.357. The molecule has 0 bridgehead atoms. The van der Waals surface area contributed by atoms with E-state index in [0.29, 0.717) is 0 Å². The van der Waals surface area contributed by atoms with Crippen LogP contribution in [0.2, 0.25) is 0 Å². The molecule has 0 aliphatic carbocycles. The van der Waals surface area contributed by atoms with Gasteiger partial charge in [-0.1, -0.05) is 30.3 Å². The van der Waals surface area contributed by atoms with Gasteiger partial charge in [0.2, 0.25) is 5.91 Å². The Morgan fingerprint density at radius 3 is 2.71 bits per heavy atom. The van der Waals surface area contributed by atoms with Gasteiger partial charge in [-0.05, 0) is 5.56 Å². The Kier molecular flexibility index (Phi) is 4.76. The molecule has 2 atom stereocenters. The number of hydrogen-bond acceptors (Lipinski definition) is 5. The molecule has 2 rings (SSSR count). The Bertz CT molecular complexity index is 531. The summed E-state index contributed by atoms with van der Waals surface area (Å²) < 4.78 is 9.56. The first-order chi connectivity index (χ1) is 10.1. The van der Waals surface area contributed by atoms with Gasteiger partial charge in [-0.25, -0.2) is 9.59 Å². The van der Waals surface area contributed by atoms with Gasteiger partial charge in [-0.2, -0.15) is 0 Å². The van der Waals surface area contributed by atoms with Gasteiger partial charge in [0.15, 0.2) is 0 Å². The molecule has 1 saturated heterocycles. The van der Waals surface area contributed by atoms with E-state index in [1.54, 1.807) is 0 Å². The van der Waals surface area contributed by atoms with Crippen LogP contribution in [0.4, 0.5) is 4.79 Å². The molecular weight excluding hydrogens is 276 g/mol. The molecule has 1 aromatic carbocycles. The van der Waals surface area contributed by atoms with Crippen molar-refractivity contribution in [2.45, 2.75) is 25.1 Å². The largest absolute Gasteiger partial charge is 0.467 e. The summed E-state index contributed by atoms with van der Waals surface area (Å²) in [6.45, 7) is 0.113. The smallest absolute Gasteiger partial charge is 0.408 e. The predicted molar refractivity (Wildman–Crippen MR) is 72.1 cm³/mol. The van der Waals surface area contributed by atoms with Crippen molar-refractivity contribution in [2.75, 3.05) is 7.11 Å². The normalized spacial score (nSPS) is 20.5. The van der Waals surface area contributed by atoms with Crippen molar-refractivity contribution in [1.29, 1.82) is 0 Å². The van der Waals surface area contributed by atoms with Crippen LogP contribution < -0.4 is 10.6 Å². The number of alkyl carbamates (subject to hydrolysis) is 1. The average molecular weight is 292 g/mol. The van der Waals surface area contributed by atoms with Gasteiger partial charge < -0.3 is 20.1 Å². The van der Waals surface area contributed by atoms with E-state index in [4.69, 9.17) is 4.74 Å². The lowest BCUT2D eigenvalue weighted by atomic mass is 10.2. The summed E-state index contributed by atoms with van der Waals surface area (Å²) in [5.74, 6) is -0.965. The van der Waals surface area contributed by atoms with E-state index in [1.165, 1.54) is 7.11 Å². The second-order valence-electron chi connectivity index (χ2n) is 4.58. The van der Waals surface area contributed by atoms with Crippen molar-refractivity contribution in [2.24, 2.45) is 0 Å². The minimum Gasteiger partial charge on any atom is -0.467 e. The van der Waals surface area contributed by atoms with Crippen LogP contribution in [0.15, 0.2) is 30.3 Å². The molecule has 1 aliphatic heterocycles. The predicted octanol–water partition coefficient (Wildman–Crippen LogP) is 0.343. The van der Waals surface area contributed by atoms with Gasteiger partial charge >= 0.3 is 12.1 Å². The zero-order chi connectivity index (χ0) is 15.2. The van der Waals surface area contributed by atoms with Crippen molar-refractivity contribution >= 4 is 18.0 Å². The van der Waals surface area contributed by atoms with E-state index in [0.717, 1.165) is 5.56 Å². The lowest BCUT2D eigenvalue weighted by Crippen LogP contribution is -2.40. The summed E-state index contributed by atoms with van der Waals surface area (Å²) in [4.78, 5) is 34.6. The van der Waals surface area contributed by atoms with Crippen LogP contribution in [0.1, 0.15) is 12.0 Å². The summed E-state index contributed by atoms with van der Waals surface area (Å²) in [5.41, 5.74) is 0.843. The minimum absolute atomic E-state index is 0.113.